The van der Waals surface area contributed by atoms with Crippen molar-refractivity contribution in [3.8, 4) is 0 Å². The molecule has 2 aromatic carbocycles. The molecule has 0 saturated carbocycles. The molecular weight excluding hydrogens is 294 g/mol. The quantitative estimate of drug-likeness (QED) is 0.679. The van der Waals surface area contributed by atoms with E-state index in [1.807, 2.05) is 32.0 Å². The number of carbonyl (C=O) groups is 1. The van der Waals surface area contributed by atoms with Crippen LogP contribution in [0.15, 0.2) is 42.5 Å². The minimum Gasteiger partial charge on any atom is -0.365 e. The van der Waals surface area contributed by atoms with Crippen LogP contribution in [0, 0.1) is 24.0 Å². The molecule has 0 bridgehead atoms. The van der Waals surface area contributed by atoms with E-state index in [0.29, 0.717) is 0 Å². The van der Waals surface area contributed by atoms with Crippen molar-refractivity contribution < 1.29 is 9.72 Å². The van der Waals surface area contributed by atoms with E-state index < -0.39 is 4.92 Å². The van der Waals surface area contributed by atoms with Crippen LogP contribution < -0.4 is 10.2 Å². The molecule has 0 aliphatic heterocycles. The van der Waals surface area contributed by atoms with Gasteiger partial charge in [0.05, 0.1) is 11.5 Å². The average Bonchev–Trinajstić information content (AvgIpc) is 2.52. The second-order valence-corrected chi connectivity index (χ2v) is 5.43. The summed E-state index contributed by atoms with van der Waals surface area (Å²) in [4.78, 5) is 24.1. The Kier molecular flexibility index (Phi) is 4.95. The van der Waals surface area contributed by atoms with E-state index >= 15 is 0 Å². The summed E-state index contributed by atoms with van der Waals surface area (Å²) < 4.78 is 0. The van der Waals surface area contributed by atoms with E-state index in [-0.39, 0.29) is 18.1 Å². The summed E-state index contributed by atoms with van der Waals surface area (Å²) in [6.07, 6.45) is 0. The molecule has 0 fully saturated rings. The van der Waals surface area contributed by atoms with Gasteiger partial charge in [0.15, 0.2) is 0 Å². The maximum absolute atomic E-state index is 12.2. The highest BCUT2D eigenvalue weighted by molar-refractivity contribution is 5.94. The van der Waals surface area contributed by atoms with Crippen LogP contribution >= 0.6 is 0 Å². The number of rotatable bonds is 5. The minimum atomic E-state index is -0.447. The topological polar surface area (TPSA) is 75.5 Å². The lowest BCUT2D eigenvalue weighted by atomic mass is 10.1. The van der Waals surface area contributed by atoms with Crippen molar-refractivity contribution in [2.45, 2.75) is 13.8 Å². The molecule has 0 aliphatic carbocycles. The third kappa shape index (κ3) is 4.06. The normalized spacial score (nSPS) is 10.2. The Morgan fingerprint density at radius 2 is 1.83 bits per heavy atom. The molecule has 120 valence electrons. The number of likely N-dealkylation sites (N-methyl/N-ethyl adjacent to an activating group) is 1. The Labute approximate surface area is 134 Å². The number of non-ortho nitro benzene ring substituents is 1. The van der Waals surface area contributed by atoms with E-state index in [0.717, 1.165) is 22.5 Å². The first kappa shape index (κ1) is 16.5. The van der Waals surface area contributed by atoms with Gasteiger partial charge < -0.3 is 10.2 Å². The minimum absolute atomic E-state index is 0.0296. The number of anilines is 2. The Morgan fingerprint density at radius 1 is 1.17 bits per heavy atom. The molecule has 0 aromatic heterocycles. The predicted molar refractivity (Wildman–Crippen MR) is 90.9 cm³/mol. The first-order chi connectivity index (χ1) is 10.9. The van der Waals surface area contributed by atoms with Crippen LogP contribution in [0.2, 0.25) is 0 Å². The van der Waals surface area contributed by atoms with Crippen LogP contribution in [0.5, 0.6) is 0 Å². The summed E-state index contributed by atoms with van der Waals surface area (Å²) in [5.41, 5.74) is 3.73. The molecule has 1 N–H and O–H groups in total. The molecular formula is C17H19N3O3. The molecule has 2 rings (SSSR count). The largest absolute Gasteiger partial charge is 0.365 e. The fraction of sp³-hybridized carbons (Fsp3) is 0.235. The van der Waals surface area contributed by atoms with Crippen molar-refractivity contribution in [3.05, 3.63) is 63.7 Å². The second kappa shape index (κ2) is 6.91. The van der Waals surface area contributed by atoms with E-state index in [1.54, 1.807) is 24.1 Å². The Balaban J connectivity index is 2.02. The zero-order valence-electron chi connectivity index (χ0n) is 13.4. The Morgan fingerprint density at radius 3 is 2.43 bits per heavy atom. The summed E-state index contributed by atoms with van der Waals surface area (Å²) in [6.45, 7) is 4.12. The van der Waals surface area contributed by atoms with Gasteiger partial charge in [-0.1, -0.05) is 12.1 Å². The molecule has 0 atom stereocenters. The van der Waals surface area contributed by atoms with Crippen molar-refractivity contribution in [2.24, 2.45) is 0 Å². The summed E-state index contributed by atoms with van der Waals surface area (Å²) in [5.74, 6) is -0.139. The lowest BCUT2D eigenvalue weighted by Crippen LogP contribution is -2.30. The molecule has 2 aromatic rings. The first-order valence-electron chi connectivity index (χ1n) is 7.20. The maximum atomic E-state index is 12.2. The van der Waals surface area contributed by atoms with E-state index in [9.17, 15) is 14.9 Å². The predicted octanol–water partition coefficient (Wildman–Crippen LogP) is 3.29. The Bertz CT molecular complexity index is 726. The van der Waals surface area contributed by atoms with Gasteiger partial charge in [-0.05, 0) is 43.2 Å². The molecule has 1 amide bonds. The zero-order valence-corrected chi connectivity index (χ0v) is 13.4. The molecule has 0 saturated heterocycles. The standard InChI is InChI=1S/C17H19N3O3/c1-12-5-4-6-16(13(12)2)18-17(21)11-19(3)14-7-9-15(10-8-14)20(22)23/h4-10H,11H2,1-3H3,(H,18,21). The van der Waals surface area contributed by atoms with Gasteiger partial charge in [0, 0.05) is 30.6 Å². The highest BCUT2D eigenvalue weighted by Gasteiger charge is 2.11. The summed E-state index contributed by atoms with van der Waals surface area (Å²) in [6, 6.07) is 11.9. The number of hydrogen-bond donors (Lipinski definition) is 1. The smallest absolute Gasteiger partial charge is 0.269 e. The van der Waals surface area contributed by atoms with Crippen molar-refractivity contribution in [3.63, 3.8) is 0 Å². The zero-order chi connectivity index (χ0) is 17.0. The number of carbonyl (C=O) groups excluding carboxylic acids is 1. The van der Waals surface area contributed by atoms with Gasteiger partial charge in [-0.15, -0.1) is 0 Å². The van der Waals surface area contributed by atoms with Gasteiger partial charge in [0.1, 0.15) is 0 Å². The lowest BCUT2D eigenvalue weighted by Gasteiger charge is -2.19. The third-order valence-electron chi connectivity index (χ3n) is 3.76. The molecule has 0 spiro atoms. The highest BCUT2D eigenvalue weighted by Crippen LogP contribution is 2.20. The van der Waals surface area contributed by atoms with Crippen molar-refractivity contribution in [1.29, 1.82) is 0 Å². The highest BCUT2D eigenvalue weighted by atomic mass is 16.6. The van der Waals surface area contributed by atoms with Gasteiger partial charge in [0.25, 0.3) is 5.69 Å². The van der Waals surface area contributed by atoms with E-state index in [1.165, 1.54) is 12.1 Å². The SMILES string of the molecule is Cc1cccc(NC(=O)CN(C)c2ccc([N+](=O)[O-])cc2)c1C. The number of benzene rings is 2. The molecule has 0 aliphatic rings. The van der Waals surface area contributed by atoms with Gasteiger partial charge in [-0.25, -0.2) is 0 Å². The number of nitrogens with zero attached hydrogens (tertiary/aromatic N) is 2. The van der Waals surface area contributed by atoms with E-state index in [2.05, 4.69) is 5.32 Å². The van der Waals surface area contributed by atoms with Crippen LogP contribution in [0.25, 0.3) is 0 Å². The number of nitro groups is 1. The second-order valence-electron chi connectivity index (χ2n) is 5.43. The summed E-state index contributed by atoms with van der Waals surface area (Å²) in [5, 5.41) is 13.5. The van der Waals surface area contributed by atoms with Crippen molar-refractivity contribution >= 4 is 23.0 Å². The number of nitrogens with one attached hydrogen (secondary N) is 1. The fourth-order valence-corrected chi connectivity index (χ4v) is 2.21. The fourth-order valence-electron chi connectivity index (χ4n) is 2.21. The number of aryl methyl sites for hydroxylation is 1. The maximum Gasteiger partial charge on any atom is 0.269 e. The van der Waals surface area contributed by atoms with Gasteiger partial charge in [-0.2, -0.15) is 0 Å². The number of hydrogen-bond acceptors (Lipinski definition) is 4. The average molecular weight is 313 g/mol. The van der Waals surface area contributed by atoms with Crippen LogP contribution in [-0.2, 0) is 4.79 Å². The van der Waals surface area contributed by atoms with Crippen LogP contribution in [0.4, 0.5) is 17.1 Å². The third-order valence-corrected chi connectivity index (χ3v) is 3.76. The van der Waals surface area contributed by atoms with Crippen molar-refractivity contribution in [2.75, 3.05) is 23.8 Å². The van der Waals surface area contributed by atoms with Gasteiger partial charge in [-0.3, -0.25) is 14.9 Å². The lowest BCUT2D eigenvalue weighted by molar-refractivity contribution is -0.384. The molecule has 0 radical (unpaired) electrons. The van der Waals surface area contributed by atoms with Gasteiger partial charge >= 0.3 is 0 Å². The van der Waals surface area contributed by atoms with Crippen molar-refractivity contribution in [1.82, 2.24) is 0 Å². The molecule has 6 heteroatoms. The van der Waals surface area contributed by atoms with Crippen LogP contribution in [-0.4, -0.2) is 24.4 Å². The monoisotopic (exact) mass is 313 g/mol. The van der Waals surface area contributed by atoms with Crippen LogP contribution in [0.1, 0.15) is 11.1 Å². The Hall–Kier alpha value is -2.89. The number of nitro benzene ring substituents is 1. The summed E-state index contributed by atoms with van der Waals surface area (Å²) >= 11 is 0. The van der Waals surface area contributed by atoms with Crippen LogP contribution in [0.3, 0.4) is 0 Å². The van der Waals surface area contributed by atoms with Gasteiger partial charge in [0.2, 0.25) is 5.91 Å². The molecule has 23 heavy (non-hydrogen) atoms. The molecule has 0 heterocycles. The van der Waals surface area contributed by atoms with E-state index in [4.69, 9.17) is 0 Å². The molecule has 6 nitrogen and oxygen atoms in total. The number of amides is 1. The summed E-state index contributed by atoms with van der Waals surface area (Å²) in [7, 11) is 1.77. The first-order valence-corrected chi connectivity index (χ1v) is 7.20. The molecule has 0 unspecified atom stereocenters.